The quantitative estimate of drug-likeness (QED) is 0.917. The second kappa shape index (κ2) is 5.23. The molecule has 2 atom stereocenters. The SMILES string of the molecule is CC1CC(C)(C)CC1Nc1cc(S(C)(=O)=O)ccc1Cl. The van der Waals surface area contributed by atoms with E-state index in [0.29, 0.717) is 33.0 Å². The monoisotopic (exact) mass is 315 g/mol. The van der Waals surface area contributed by atoms with Gasteiger partial charge in [-0.2, -0.15) is 0 Å². The second-order valence-corrected chi connectivity index (χ2v) is 9.14. The third kappa shape index (κ3) is 3.47. The van der Waals surface area contributed by atoms with E-state index in [1.807, 2.05) is 0 Å². The molecule has 0 saturated heterocycles. The first-order valence-corrected chi connectivity index (χ1v) is 9.12. The topological polar surface area (TPSA) is 46.2 Å². The zero-order valence-electron chi connectivity index (χ0n) is 12.4. The van der Waals surface area contributed by atoms with Gasteiger partial charge in [-0.15, -0.1) is 0 Å². The van der Waals surface area contributed by atoms with Gasteiger partial charge in [-0.1, -0.05) is 32.4 Å². The van der Waals surface area contributed by atoms with Crippen molar-refractivity contribution in [3.8, 4) is 0 Å². The first-order chi connectivity index (χ1) is 9.08. The Kier molecular flexibility index (Phi) is 4.09. The van der Waals surface area contributed by atoms with E-state index < -0.39 is 9.84 Å². The Morgan fingerprint density at radius 3 is 2.45 bits per heavy atom. The van der Waals surface area contributed by atoms with Crippen LogP contribution in [0.25, 0.3) is 0 Å². The summed E-state index contributed by atoms with van der Waals surface area (Å²) in [4.78, 5) is 0.300. The predicted molar refractivity (Wildman–Crippen MR) is 84.2 cm³/mol. The Morgan fingerprint density at radius 1 is 1.30 bits per heavy atom. The van der Waals surface area contributed by atoms with Gasteiger partial charge in [-0.3, -0.25) is 0 Å². The first kappa shape index (κ1) is 15.6. The van der Waals surface area contributed by atoms with E-state index in [9.17, 15) is 8.42 Å². The second-order valence-electron chi connectivity index (χ2n) is 6.71. The molecule has 0 amide bonds. The standard InChI is InChI=1S/C15H22ClNO2S/c1-10-8-15(2,3)9-14(10)17-13-7-11(20(4,18)19)5-6-12(13)16/h5-7,10,14,17H,8-9H2,1-4H3. The lowest BCUT2D eigenvalue weighted by molar-refractivity contribution is 0.366. The van der Waals surface area contributed by atoms with Gasteiger partial charge in [0.1, 0.15) is 0 Å². The zero-order chi connectivity index (χ0) is 15.1. The summed E-state index contributed by atoms with van der Waals surface area (Å²) in [7, 11) is -3.21. The molecular formula is C15H22ClNO2S. The van der Waals surface area contributed by atoms with Gasteiger partial charge in [0.05, 0.1) is 15.6 Å². The minimum Gasteiger partial charge on any atom is -0.381 e. The Hall–Kier alpha value is -0.740. The zero-order valence-corrected chi connectivity index (χ0v) is 14.0. The third-order valence-electron chi connectivity index (χ3n) is 4.04. The van der Waals surface area contributed by atoms with Crippen molar-refractivity contribution in [1.29, 1.82) is 0 Å². The fourth-order valence-corrected chi connectivity index (χ4v) is 3.95. The van der Waals surface area contributed by atoms with E-state index in [4.69, 9.17) is 11.6 Å². The number of benzene rings is 1. The highest BCUT2D eigenvalue weighted by atomic mass is 35.5. The van der Waals surface area contributed by atoms with E-state index in [1.165, 1.54) is 6.26 Å². The van der Waals surface area contributed by atoms with Crippen LogP contribution in [0.5, 0.6) is 0 Å². The largest absolute Gasteiger partial charge is 0.381 e. The number of hydrogen-bond acceptors (Lipinski definition) is 3. The molecule has 1 aliphatic rings. The van der Waals surface area contributed by atoms with Crippen LogP contribution in [0.4, 0.5) is 5.69 Å². The molecule has 1 fully saturated rings. The summed E-state index contributed by atoms with van der Waals surface area (Å²) in [6, 6.07) is 5.16. The van der Waals surface area contributed by atoms with Crippen LogP contribution in [0.15, 0.2) is 23.1 Å². The van der Waals surface area contributed by atoms with Crippen LogP contribution in [-0.2, 0) is 9.84 Å². The number of rotatable bonds is 3. The molecule has 1 aromatic rings. The number of anilines is 1. The maximum Gasteiger partial charge on any atom is 0.175 e. The van der Waals surface area contributed by atoms with E-state index in [-0.39, 0.29) is 0 Å². The average molecular weight is 316 g/mol. The van der Waals surface area contributed by atoms with E-state index in [2.05, 4.69) is 26.1 Å². The number of sulfone groups is 1. The van der Waals surface area contributed by atoms with Crippen molar-refractivity contribution in [2.75, 3.05) is 11.6 Å². The maximum absolute atomic E-state index is 11.6. The van der Waals surface area contributed by atoms with Crippen molar-refractivity contribution in [2.24, 2.45) is 11.3 Å². The van der Waals surface area contributed by atoms with Crippen molar-refractivity contribution in [3.63, 3.8) is 0 Å². The number of halogens is 1. The smallest absolute Gasteiger partial charge is 0.175 e. The Bertz CT molecular complexity index is 610. The highest BCUT2D eigenvalue weighted by molar-refractivity contribution is 7.90. The molecule has 0 aromatic heterocycles. The summed E-state index contributed by atoms with van der Waals surface area (Å²) in [5, 5.41) is 3.99. The molecule has 1 aromatic carbocycles. The van der Waals surface area contributed by atoms with Gasteiger partial charge in [0, 0.05) is 12.3 Å². The summed E-state index contributed by atoms with van der Waals surface area (Å²) in [6.07, 6.45) is 3.43. The normalized spacial score (nSPS) is 25.6. The summed E-state index contributed by atoms with van der Waals surface area (Å²) in [6.45, 7) is 6.75. The minimum absolute atomic E-state index is 0.300. The van der Waals surface area contributed by atoms with Gasteiger partial charge in [-0.25, -0.2) is 8.42 Å². The van der Waals surface area contributed by atoms with Crippen molar-refractivity contribution >= 4 is 27.1 Å². The molecule has 1 aliphatic carbocycles. The van der Waals surface area contributed by atoms with Gasteiger partial charge < -0.3 is 5.32 Å². The summed E-state index contributed by atoms with van der Waals surface area (Å²) < 4.78 is 23.3. The molecule has 0 heterocycles. The molecule has 3 nitrogen and oxygen atoms in total. The highest BCUT2D eigenvalue weighted by Crippen LogP contribution is 2.42. The van der Waals surface area contributed by atoms with Crippen molar-refractivity contribution in [2.45, 2.75) is 44.6 Å². The number of nitrogens with one attached hydrogen (secondary N) is 1. The molecule has 0 radical (unpaired) electrons. The van der Waals surface area contributed by atoms with Gasteiger partial charge in [0.25, 0.3) is 0 Å². The summed E-state index contributed by atoms with van der Waals surface area (Å²) in [5.41, 5.74) is 1.03. The van der Waals surface area contributed by atoms with Crippen LogP contribution in [-0.4, -0.2) is 20.7 Å². The van der Waals surface area contributed by atoms with Gasteiger partial charge in [0.15, 0.2) is 9.84 Å². The molecule has 2 rings (SSSR count). The predicted octanol–water partition coefficient (Wildman–Crippen LogP) is 3.98. The van der Waals surface area contributed by atoms with Crippen LogP contribution in [0.2, 0.25) is 5.02 Å². The highest BCUT2D eigenvalue weighted by Gasteiger charge is 2.36. The van der Waals surface area contributed by atoms with Crippen LogP contribution in [0.1, 0.15) is 33.6 Å². The first-order valence-electron chi connectivity index (χ1n) is 6.85. The number of hydrogen-bond donors (Lipinski definition) is 1. The van der Waals surface area contributed by atoms with Crippen LogP contribution in [0, 0.1) is 11.3 Å². The summed E-state index contributed by atoms with van der Waals surface area (Å²) in [5.74, 6) is 0.544. The Morgan fingerprint density at radius 2 is 1.95 bits per heavy atom. The van der Waals surface area contributed by atoms with Crippen LogP contribution in [0.3, 0.4) is 0 Å². The molecule has 112 valence electrons. The molecule has 2 unspecified atom stereocenters. The molecule has 0 spiro atoms. The Labute approximate surface area is 126 Å². The molecule has 1 saturated carbocycles. The van der Waals surface area contributed by atoms with E-state index in [1.54, 1.807) is 18.2 Å². The van der Waals surface area contributed by atoms with Crippen LogP contribution < -0.4 is 5.32 Å². The van der Waals surface area contributed by atoms with Gasteiger partial charge >= 0.3 is 0 Å². The molecule has 0 aliphatic heterocycles. The fraction of sp³-hybridized carbons (Fsp3) is 0.600. The third-order valence-corrected chi connectivity index (χ3v) is 5.48. The van der Waals surface area contributed by atoms with E-state index >= 15 is 0 Å². The fourth-order valence-electron chi connectivity index (χ4n) is 3.13. The summed E-state index contributed by atoms with van der Waals surface area (Å²) >= 11 is 6.19. The minimum atomic E-state index is -3.21. The van der Waals surface area contributed by atoms with E-state index in [0.717, 1.165) is 12.8 Å². The molecule has 20 heavy (non-hydrogen) atoms. The van der Waals surface area contributed by atoms with Crippen LogP contribution >= 0.6 is 11.6 Å². The van der Waals surface area contributed by atoms with Crippen molar-refractivity contribution in [1.82, 2.24) is 0 Å². The van der Waals surface area contributed by atoms with Gasteiger partial charge in [-0.05, 0) is 42.4 Å². The lowest BCUT2D eigenvalue weighted by atomic mass is 9.91. The lowest BCUT2D eigenvalue weighted by Gasteiger charge is -2.21. The van der Waals surface area contributed by atoms with Crippen molar-refractivity contribution < 1.29 is 8.42 Å². The molecule has 5 heteroatoms. The molecule has 0 bridgehead atoms. The Balaban J connectivity index is 2.26. The van der Waals surface area contributed by atoms with Crippen molar-refractivity contribution in [3.05, 3.63) is 23.2 Å². The average Bonchev–Trinajstić information content (AvgIpc) is 2.53. The van der Waals surface area contributed by atoms with Gasteiger partial charge in [0.2, 0.25) is 0 Å². The lowest BCUT2D eigenvalue weighted by Crippen LogP contribution is -2.22. The molecule has 1 N–H and O–H groups in total. The molecular weight excluding hydrogens is 294 g/mol. The maximum atomic E-state index is 11.6.